The van der Waals surface area contributed by atoms with Crippen LogP contribution in [-0.4, -0.2) is 71.6 Å². The van der Waals surface area contributed by atoms with Gasteiger partial charge in [0.25, 0.3) is 5.91 Å². The number of nitrogens with one attached hydrogen (secondary N) is 1. The van der Waals surface area contributed by atoms with Gasteiger partial charge in [-0.15, -0.1) is 0 Å². The molecule has 2 N–H and O–H groups in total. The van der Waals surface area contributed by atoms with Gasteiger partial charge in [-0.25, -0.2) is 4.79 Å². The number of nitrogens with zero attached hydrogens (tertiary/aromatic N) is 4. The van der Waals surface area contributed by atoms with Gasteiger partial charge >= 0.3 is 6.09 Å². The number of carboxylic acid groups (broad SMARTS) is 1. The molecule has 232 valence electrons. The molecule has 0 aliphatic carbocycles. The van der Waals surface area contributed by atoms with E-state index in [1.165, 1.54) is 18.9 Å². The van der Waals surface area contributed by atoms with Crippen molar-refractivity contribution in [3.05, 3.63) is 94.7 Å². The number of methoxy groups -OCH3 is 1. The van der Waals surface area contributed by atoms with E-state index < -0.39 is 30.0 Å². The van der Waals surface area contributed by atoms with Gasteiger partial charge in [-0.3, -0.25) is 24.3 Å². The maximum absolute atomic E-state index is 14.5. The molecule has 45 heavy (non-hydrogen) atoms. The summed E-state index contributed by atoms with van der Waals surface area (Å²) in [5, 5.41) is 14.0. The van der Waals surface area contributed by atoms with Crippen LogP contribution in [0, 0.1) is 0 Å². The standard InChI is InChI=1S/C33H32BrN5O6/c1-20(37(2)33(43)44)31(41)36-26-19-38(30(40)15-21-7-6-14-35-17-21)27-8-4-5-9-28(27)39(32(26)42)18-25-24-12-11-23(34)16-22(24)10-13-29(25)45-3/h4-14,16-17,20,26H,15,18-19H2,1-3H3,(H,36,41)(H,43,44)/t20?,26-/m0/s1. The number of anilines is 2. The molecule has 1 aliphatic heterocycles. The average molecular weight is 675 g/mol. The Bertz CT molecular complexity index is 1770. The fourth-order valence-corrected chi connectivity index (χ4v) is 5.74. The van der Waals surface area contributed by atoms with Crippen LogP contribution in [0.4, 0.5) is 16.2 Å². The second-order valence-electron chi connectivity index (χ2n) is 10.7. The predicted octanol–water partition coefficient (Wildman–Crippen LogP) is 4.61. The van der Waals surface area contributed by atoms with Crippen molar-refractivity contribution in [3.8, 4) is 5.75 Å². The highest BCUT2D eigenvalue weighted by atomic mass is 79.9. The van der Waals surface area contributed by atoms with Crippen LogP contribution >= 0.6 is 15.9 Å². The van der Waals surface area contributed by atoms with E-state index in [9.17, 15) is 24.3 Å². The van der Waals surface area contributed by atoms with Crippen LogP contribution in [0.3, 0.4) is 0 Å². The molecular weight excluding hydrogens is 642 g/mol. The molecule has 0 fully saturated rings. The number of carbonyl (C=O) groups excluding carboxylic acids is 3. The molecule has 12 heteroatoms. The van der Waals surface area contributed by atoms with E-state index in [1.807, 2.05) is 30.3 Å². The molecule has 4 aromatic rings. The van der Waals surface area contributed by atoms with Crippen molar-refractivity contribution in [1.29, 1.82) is 0 Å². The van der Waals surface area contributed by atoms with Gasteiger partial charge in [0.2, 0.25) is 11.8 Å². The predicted molar refractivity (Wildman–Crippen MR) is 173 cm³/mol. The molecule has 4 amide bonds. The van der Waals surface area contributed by atoms with Crippen LogP contribution < -0.4 is 19.9 Å². The lowest BCUT2D eigenvalue weighted by Gasteiger charge is -2.28. The Balaban J connectivity index is 1.61. The highest BCUT2D eigenvalue weighted by Gasteiger charge is 2.38. The molecule has 0 saturated carbocycles. The normalized spacial score (nSPS) is 15.2. The maximum Gasteiger partial charge on any atom is 0.407 e. The molecule has 11 nitrogen and oxygen atoms in total. The first-order valence-corrected chi connectivity index (χ1v) is 15.0. The van der Waals surface area contributed by atoms with E-state index in [-0.39, 0.29) is 25.4 Å². The van der Waals surface area contributed by atoms with Gasteiger partial charge in [-0.1, -0.05) is 46.3 Å². The van der Waals surface area contributed by atoms with Crippen LogP contribution in [0.2, 0.25) is 0 Å². The van der Waals surface area contributed by atoms with E-state index in [1.54, 1.807) is 60.8 Å². The van der Waals surface area contributed by atoms with Crippen molar-refractivity contribution in [2.75, 3.05) is 30.5 Å². The number of aromatic nitrogens is 1. The number of fused-ring (bicyclic) bond motifs is 2. The largest absolute Gasteiger partial charge is 0.496 e. The molecule has 0 radical (unpaired) electrons. The minimum Gasteiger partial charge on any atom is -0.496 e. The van der Waals surface area contributed by atoms with Gasteiger partial charge in [0, 0.05) is 29.5 Å². The van der Waals surface area contributed by atoms with Crippen molar-refractivity contribution in [2.45, 2.75) is 32.0 Å². The first-order chi connectivity index (χ1) is 21.6. The Morgan fingerprint density at radius 3 is 2.56 bits per heavy atom. The minimum absolute atomic E-state index is 0.0151. The monoisotopic (exact) mass is 673 g/mol. The number of halogens is 1. The number of pyridine rings is 1. The molecule has 1 aromatic heterocycles. The highest BCUT2D eigenvalue weighted by Crippen LogP contribution is 2.37. The zero-order chi connectivity index (χ0) is 32.2. The molecule has 2 heterocycles. The first kappa shape index (κ1) is 31.5. The number of hydrogen-bond acceptors (Lipinski definition) is 6. The van der Waals surface area contributed by atoms with E-state index >= 15 is 0 Å². The highest BCUT2D eigenvalue weighted by molar-refractivity contribution is 9.10. The Hall–Kier alpha value is -4.97. The molecule has 1 aliphatic rings. The van der Waals surface area contributed by atoms with Gasteiger partial charge in [-0.05, 0) is 59.7 Å². The van der Waals surface area contributed by atoms with Gasteiger partial charge in [0.05, 0.1) is 38.0 Å². The summed E-state index contributed by atoms with van der Waals surface area (Å²) in [6.45, 7) is 1.33. The van der Waals surface area contributed by atoms with Crippen molar-refractivity contribution in [3.63, 3.8) is 0 Å². The van der Waals surface area contributed by atoms with E-state index in [0.29, 0.717) is 22.7 Å². The van der Waals surface area contributed by atoms with Crippen molar-refractivity contribution >= 4 is 61.9 Å². The fourth-order valence-electron chi connectivity index (χ4n) is 5.36. The molecule has 0 bridgehead atoms. The summed E-state index contributed by atoms with van der Waals surface area (Å²) in [6.07, 6.45) is 1.95. The van der Waals surface area contributed by atoms with Crippen molar-refractivity contribution in [1.82, 2.24) is 15.2 Å². The van der Waals surface area contributed by atoms with E-state index in [4.69, 9.17) is 4.74 Å². The number of para-hydroxylation sites is 2. The Labute approximate surface area is 268 Å². The quantitative estimate of drug-likeness (QED) is 0.279. The van der Waals surface area contributed by atoms with E-state index in [0.717, 1.165) is 25.7 Å². The Morgan fingerprint density at radius 2 is 1.87 bits per heavy atom. The van der Waals surface area contributed by atoms with Gasteiger partial charge in [-0.2, -0.15) is 0 Å². The molecule has 0 spiro atoms. The Kier molecular flexibility index (Phi) is 9.33. The summed E-state index contributed by atoms with van der Waals surface area (Å²) in [5.41, 5.74) is 2.40. The van der Waals surface area contributed by atoms with Crippen molar-refractivity contribution < 1.29 is 29.0 Å². The molecule has 1 unspecified atom stereocenters. The van der Waals surface area contributed by atoms with Crippen LogP contribution in [0.1, 0.15) is 18.1 Å². The van der Waals surface area contributed by atoms with Crippen LogP contribution in [0.15, 0.2) is 83.6 Å². The Morgan fingerprint density at radius 1 is 1.11 bits per heavy atom. The number of likely N-dealkylation sites (N-methyl/N-ethyl adjacent to an activating group) is 1. The van der Waals surface area contributed by atoms with Crippen LogP contribution in [0.25, 0.3) is 10.8 Å². The third-order valence-electron chi connectivity index (χ3n) is 7.94. The van der Waals surface area contributed by atoms with Gasteiger partial charge in [0.15, 0.2) is 0 Å². The van der Waals surface area contributed by atoms with Gasteiger partial charge in [0.1, 0.15) is 17.8 Å². The van der Waals surface area contributed by atoms with E-state index in [2.05, 4.69) is 26.2 Å². The zero-order valence-electron chi connectivity index (χ0n) is 24.9. The molecular formula is C33H32BrN5O6. The summed E-state index contributed by atoms with van der Waals surface area (Å²) in [7, 11) is 2.84. The molecule has 5 rings (SSSR count). The number of hydrogen-bond donors (Lipinski definition) is 2. The lowest BCUT2D eigenvalue weighted by Crippen LogP contribution is -2.56. The minimum atomic E-state index is -1.29. The van der Waals surface area contributed by atoms with Gasteiger partial charge < -0.3 is 25.0 Å². The van der Waals surface area contributed by atoms with Crippen LogP contribution in [-0.2, 0) is 27.3 Å². The average Bonchev–Trinajstić information content (AvgIpc) is 3.15. The number of benzene rings is 3. The second kappa shape index (κ2) is 13.3. The molecule has 2 atom stereocenters. The smallest absolute Gasteiger partial charge is 0.407 e. The van der Waals surface area contributed by atoms with Crippen molar-refractivity contribution in [2.24, 2.45) is 0 Å². The molecule has 0 saturated heterocycles. The summed E-state index contributed by atoms with van der Waals surface area (Å²) >= 11 is 3.52. The third kappa shape index (κ3) is 6.60. The zero-order valence-corrected chi connectivity index (χ0v) is 26.5. The lowest BCUT2D eigenvalue weighted by molar-refractivity contribution is -0.130. The molecule has 3 aromatic carbocycles. The lowest BCUT2D eigenvalue weighted by atomic mass is 10.0. The summed E-state index contributed by atoms with van der Waals surface area (Å²) in [6, 6.07) is 17.9. The topological polar surface area (TPSA) is 132 Å². The SMILES string of the molecule is COc1ccc2cc(Br)ccc2c1CN1C(=O)[C@@H](NC(=O)C(C)N(C)C(=O)O)CN(C(=O)Cc2cccnc2)c2ccccc21. The van der Waals surface area contributed by atoms with Crippen LogP contribution in [0.5, 0.6) is 5.75 Å². The number of carbonyl (C=O) groups is 4. The number of ether oxygens (including phenoxy) is 1. The maximum atomic E-state index is 14.5. The fraction of sp³-hybridized carbons (Fsp3) is 0.242. The number of amides is 4. The first-order valence-electron chi connectivity index (χ1n) is 14.2. The second-order valence-corrected chi connectivity index (χ2v) is 11.6. The summed E-state index contributed by atoms with van der Waals surface area (Å²) in [4.78, 5) is 61.2. The summed E-state index contributed by atoms with van der Waals surface area (Å²) in [5.74, 6) is -0.862. The third-order valence-corrected chi connectivity index (χ3v) is 8.43. The number of rotatable bonds is 8. The summed E-state index contributed by atoms with van der Waals surface area (Å²) < 4.78 is 6.62.